The lowest BCUT2D eigenvalue weighted by Crippen LogP contribution is -2.60. The number of likely N-dealkylation sites (N-methyl/N-ethyl adjacent to an activating group) is 1. The number of nitrogens with two attached hydrogens (primary N) is 1. The molecule has 0 saturated carbocycles. The molecular weight excluding hydrogens is 783 g/mol. The number of carbonyl (C=O) groups excluding carboxylic acids is 3. The minimum atomic E-state index is -1.85. The fourth-order valence-electron chi connectivity index (χ4n) is 8.88. The maximum absolute atomic E-state index is 14.5. The summed E-state index contributed by atoms with van der Waals surface area (Å²) < 4.78 is 33.4. The van der Waals surface area contributed by atoms with Gasteiger partial charge >= 0.3 is 5.97 Å². The molecule has 1 amide bonds. The van der Waals surface area contributed by atoms with Gasteiger partial charge in [0, 0.05) is 30.5 Å². The van der Waals surface area contributed by atoms with Crippen LogP contribution in [0.5, 0.6) is 0 Å². The molecule has 0 radical (unpaired) electrons. The second kappa shape index (κ2) is 19.1. The number of thiazole rings is 1. The van der Waals surface area contributed by atoms with Gasteiger partial charge in [-0.15, -0.1) is 0 Å². The molecule has 3 aliphatic rings. The van der Waals surface area contributed by atoms with E-state index in [1.807, 2.05) is 51.0 Å². The van der Waals surface area contributed by atoms with Crippen molar-refractivity contribution in [3.05, 3.63) is 23.8 Å². The Balaban J connectivity index is 1.66. The summed E-state index contributed by atoms with van der Waals surface area (Å²) in [6.07, 6.45) is -5.13. The molecule has 3 aliphatic heterocycles. The number of ketones is 1. The maximum atomic E-state index is 14.5. The largest absolute Gasteiger partial charge is 0.459 e. The molecule has 3 fully saturated rings. The zero-order valence-electron chi connectivity index (χ0n) is 36.2. The summed E-state index contributed by atoms with van der Waals surface area (Å²) >= 11 is 1.38. The van der Waals surface area contributed by atoms with E-state index in [1.54, 1.807) is 27.7 Å². The fourth-order valence-corrected chi connectivity index (χ4v) is 9.60. The molecule has 3 saturated heterocycles. The average Bonchev–Trinajstić information content (AvgIpc) is 3.54. The number of carbonyl (C=O) groups is 3. The van der Waals surface area contributed by atoms with Gasteiger partial charge in [-0.25, -0.2) is 9.98 Å². The summed E-state index contributed by atoms with van der Waals surface area (Å²) in [5.41, 5.74) is 4.90. The number of aliphatic hydroxyl groups is 2. The summed E-state index contributed by atoms with van der Waals surface area (Å²) in [5.74, 6) is -5.33. The van der Waals surface area contributed by atoms with Gasteiger partial charge in [-0.1, -0.05) is 50.3 Å². The molecule has 2 aromatic rings. The van der Waals surface area contributed by atoms with Crippen LogP contribution in [0.1, 0.15) is 87.1 Å². The van der Waals surface area contributed by atoms with E-state index in [4.69, 9.17) is 34.3 Å². The van der Waals surface area contributed by atoms with Crippen molar-refractivity contribution in [3.8, 4) is 0 Å². The molecule has 2 bridgehead atoms. The van der Waals surface area contributed by atoms with Crippen molar-refractivity contribution >= 4 is 55.8 Å². The number of esters is 1. The van der Waals surface area contributed by atoms with E-state index < -0.39 is 83.2 Å². The van der Waals surface area contributed by atoms with Crippen molar-refractivity contribution in [1.82, 2.24) is 9.88 Å². The van der Waals surface area contributed by atoms with E-state index >= 15 is 0 Å². The Kier molecular flexibility index (Phi) is 15.1. The number of aliphatic hydroxyl groups excluding tert-OH is 1. The number of oxime groups is 1. The number of rotatable bonds is 7. The van der Waals surface area contributed by atoms with E-state index in [2.05, 4.69) is 15.1 Å². The Bertz CT molecular complexity index is 1890. The van der Waals surface area contributed by atoms with Crippen LogP contribution in [0, 0.1) is 23.7 Å². The van der Waals surface area contributed by atoms with Crippen molar-refractivity contribution < 1.29 is 53.1 Å². The number of Topliss-reactive ketones (excluding diaryl/α,β-unsaturated/α-hetero) is 1. The van der Waals surface area contributed by atoms with Crippen LogP contribution in [0.4, 0.5) is 5.13 Å². The number of fused-ring (bicyclic) bond motifs is 6. The first-order chi connectivity index (χ1) is 27.7. The van der Waals surface area contributed by atoms with Crippen molar-refractivity contribution in [1.29, 1.82) is 0 Å². The lowest BCUT2D eigenvalue weighted by atomic mass is 9.73. The third-order valence-corrected chi connectivity index (χ3v) is 12.9. The van der Waals surface area contributed by atoms with Gasteiger partial charge in [0.05, 0.1) is 47.3 Å². The fraction of sp³-hybridized carbons (Fsp3) is 0.714. The number of aromatic nitrogens is 1. The molecule has 16 nitrogen and oxygen atoms in total. The number of hydrogen-bond acceptors (Lipinski definition) is 16. The number of ether oxygens (including phenoxy) is 5. The molecule has 4 heterocycles. The lowest BCUT2D eigenvalue weighted by molar-refractivity contribution is -0.296. The Hall–Kier alpha value is -3.42. The highest BCUT2D eigenvalue weighted by Gasteiger charge is 2.53. The minimum absolute atomic E-state index is 0.0727. The highest BCUT2D eigenvalue weighted by molar-refractivity contribution is 7.22. The molecule has 1 aromatic carbocycles. The van der Waals surface area contributed by atoms with Crippen LogP contribution in [0.2, 0.25) is 0 Å². The number of hydrogen-bond donors (Lipinski definition) is 3. The quantitative estimate of drug-likeness (QED) is 0.201. The van der Waals surface area contributed by atoms with Gasteiger partial charge in [-0.3, -0.25) is 14.4 Å². The molecule has 17 heteroatoms. The first-order valence-corrected chi connectivity index (χ1v) is 21.3. The van der Waals surface area contributed by atoms with Gasteiger partial charge in [-0.2, -0.15) is 0 Å². The van der Waals surface area contributed by atoms with Crippen molar-refractivity contribution in [3.63, 3.8) is 0 Å². The summed E-state index contributed by atoms with van der Waals surface area (Å²) in [7, 11) is 3.73. The molecule has 5 rings (SSSR count). The number of amides is 1. The van der Waals surface area contributed by atoms with Crippen molar-refractivity contribution in [2.75, 3.05) is 33.0 Å². The Morgan fingerprint density at radius 3 is 2.49 bits per heavy atom. The van der Waals surface area contributed by atoms with Gasteiger partial charge in [0.2, 0.25) is 5.91 Å². The molecule has 0 aliphatic carbocycles. The number of nitrogen functional groups attached to an aromatic ring is 1. The third-order valence-electron chi connectivity index (χ3n) is 12.0. The monoisotopic (exact) mass is 845 g/mol. The minimum Gasteiger partial charge on any atom is -0.459 e. The van der Waals surface area contributed by atoms with Gasteiger partial charge < -0.3 is 49.4 Å². The first kappa shape index (κ1) is 46.6. The van der Waals surface area contributed by atoms with Crippen LogP contribution in [0.3, 0.4) is 0 Å². The zero-order valence-corrected chi connectivity index (χ0v) is 37.0. The normalized spacial score (nSPS) is 38.2. The predicted molar refractivity (Wildman–Crippen MR) is 223 cm³/mol. The van der Waals surface area contributed by atoms with Crippen molar-refractivity contribution in [2.24, 2.45) is 33.8 Å². The second-order valence-corrected chi connectivity index (χ2v) is 18.2. The zero-order chi connectivity index (χ0) is 43.6. The number of cyclic esters (lactones) is 1. The van der Waals surface area contributed by atoms with Gasteiger partial charge in [-0.05, 0) is 84.7 Å². The maximum Gasteiger partial charge on any atom is 0.316 e. The van der Waals surface area contributed by atoms with Crippen LogP contribution in [0.25, 0.3) is 10.2 Å². The predicted octanol–water partition coefficient (Wildman–Crippen LogP) is 4.31. The molecule has 13 atom stereocenters. The Morgan fingerprint density at radius 1 is 1.12 bits per heavy atom. The highest BCUT2D eigenvalue weighted by Crippen LogP contribution is 2.40. The summed E-state index contributed by atoms with van der Waals surface area (Å²) in [6, 6.07) is 5.35. The smallest absolute Gasteiger partial charge is 0.316 e. The van der Waals surface area contributed by atoms with Gasteiger partial charge in [0.15, 0.2) is 17.2 Å². The molecule has 0 unspecified atom stereocenters. The topological polar surface area (TPSA) is 214 Å². The number of anilines is 1. The second-order valence-electron chi connectivity index (χ2n) is 17.2. The van der Waals surface area contributed by atoms with Gasteiger partial charge in [0.1, 0.15) is 36.0 Å². The summed E-state index contributed by atoms with van der Waals surface area (Å²) in [5, 5.41) is 29.0. The molecule has 1 aromatic heterocycles. The first-order valence-electron chi connectivity index (χ1n) is 20.5. The summed E-state index contributed by atoms with van der Waals surface area (Å²) in [4.78, 5) is 57.9. The molecule has 4 N–H and O–H groups in total. The number of benzene rings is 1. The number of nitrogens with zero attached hydrogens (tertiary/aromatic N) is 4. The SMILES string of the molecule is CC[C@H]1OC(=O)[C@H](C)C(=O)[C@H](C)[C@@H](O[C@@H]2O[C@H](C)C[C@H](N(C)C)[C@H]2O)[C@@]2(C)C[C@@H](C)C(=NC(C)=O)[C@H](C)[C@H](OC/C(=N\OCc3ccc4sc(N)nc4c3)CO2)[C@]1(C)O. The molecule has 59 heavy (non-hydrogen) atoms. The van der Waals surface area contributed by atoms with Crippen LogP contribution in [-0.4, -0.2) is 131 Å². The van der Waals surface area contributed by atoms with Crippen LogP contribution in [0.15, 0.2) is 28.3 Å². The number of aliphatic imine (C=N–C) groups is 1. The van der Waals surface area contributed by atoms with Crippen LogP contribution >= 0.6 is 11.3 Å². The standard InChI is InChI=1S/C42H63N5O11S/c1-12-32-42(9,52)37-23(4)33(44-26(7)48)21(2)17-41(8,54-20-28(19-53-37)46-55-18-27-13-14-31-29(16-27)45-40(43)59-31)36(24(5)34(49)25(6)38(51)57-32)58-39-35(50)30(47(10)11)15-22(3)56-39/h13-14,16,21-25,30,32,35-37,39,50,52H,12,15,17-20H2,1-11H3,(H2,43,45)/b44-33?,46-28+/t21-,22-,23+,24+,25-,30+,32-,35-,36-,37+,39+,41-,42-/m1/s1. The van der Waals surface area contributed by atoms with E-state index in [9.17, 15) is 24.6 Å². The van der Waals surface area contributed by atoms with E-state index in [0.717, 1.165) is 15.8 Å². The molecule has 328 valence electrons. The van der Waals surface area contributed by atoms with Crippen LogP contribution in [-0.2, 0) is 49.5 Å². The van der Waals surface area contributed by atoms with Crippen LogP contribution < -0.4 is 5.73 Å². The van der Waals surface area contributed by atoms with E-state index in [-0.39, 0.29) is 44.8 Å². The Labute approximate surface area is 350 Å². The third kappa shape index (κ3) is 10.6. The summed E-state index contributed by atoms with van der Waals surface area (Å²) in [6.45, 7) is 14.8. The average molecular weight is 846 g/mol. The molecule has 0 spiro atoms. The highest BCUT2D eigenvalue weighted by atomic mass is 32.1. The lowest BCUT2D eigenvalue weighted by Gasteiger charge is -2.47. The van der Waals surface area contributed by atoms with Gasteiger partial charge in [0.25, 0.3) is 0 Å². The Morgan fingerprint density at radius 2 is 1.83 bits per heavy atom. The molecular formula is C42H63N5O11S. The van der Waals surface area contributed by atoms with E-state index in [0.29, 0.717) is 23.0 Å². The van der Waals surface area contributed by atoms with Crippen molar-refractivity contribution in [2.45, 2.75) is 142 Å². The van der Waals surface area contributed by atoms with E-state index in [1.165, 1.54) is 32.1 Å².